The third-order valence-electron chi connectivity index (χ3n) is 3.87. The number of Topliss-reactive ketones (excluding diaryl/α,β-unsaturated/α-hetero) is 1. The zero-order chi connectivity index (χ0) is 16.9. The Labute approximate surface area is 138 Å². The summed E-state index contributed by atoms with van der Waals surface area (Å²) in [6.07, 6.45) is 3.03. The molecule has 4 nitrogen and oxygen atoms in total. The lowest BCUT2D eigenvalue weighted by Crippen LogP contribution is -2.31. The van der Waals surface area contributed by atoms with E-state index in [1.807, 2.05) is 30.3 Å². The first-order valence-electron chi connectivity index (χ1n) is 7.78. The first-order chi connectivity index (χ1) is 11.6. The quantitative estimate of drug-likeness (QED) is 0.415. The van der Waals surface area contributed by atoms with Gasteiger partial charge in [0.1, 0.15) is 5.82 Å². The van der Waals surface area contributed by atoms with Gasteiger partial charge in [0.2, 0.25) is 0 Å². The van der Waals surface area contributed by atoms with E-state index in [9.17, 15) is 14.0 Å². The van der Waals surface area contributed by atoms with E-state index in [2.05, 4.69) is 10.3 Å². The van der Waals surface area contributed by atoms with Gasteiger partial charge in [-0.25, -0.2) is 4.39 Å². The van der Waals surface area contributed by atoms with E-state index in [0.717, 1.165) is 12.8 Å². The minimum absolute atomic E-state index is 0.255. The van der Waals surface area contributed by atoms with Gasteiger partial charge in [0.25, 0.3) is 11.7 Å². The van der Waals surface area contributed by atoms with Crippen LogP contribution in [0.15, 0.2) is 54.7 Å². The van der Waals surface area contributed by atoms with Crippen molar-refractivity contribution in [2.45, 2.75) is 12.8 Å². The molecule has 2 N–H and O–H groups in total. The molecule has 3 rings (SSSR count). The monoisotopic (exact) mass is 324 g/mol. The molecule has 2 aromatic carbocycles. The SMILES string of the molecule is O=C(NCCCc1ccccc1)C(=O)c1c[nH]c2cc(F)ccc12. The zero-order valence-corrected chi connectivity index (χ0v) is 13.0. The van der Waals surface area contributed by atoms with Gasteiger partial charge < -0.3 is 10.3 Å². The number of fused-ring (bicyclic) bond motifs is 1. The number of rotatable bonds is 6. The summed E-state index contributed by atoms with van der Waals surface area (Å²) >= 11 is 0. The standard InChI is InChI=1S/C19H17FN2O2/c20-14-8-9-15-16(12-22-17(15)11-14)18(23)19(24)21-10-4-7-13-5-2-1-3-6-13/h1-3,5-6,8-9,11-12,22H,4,7,10H2,(H,21,24). The second-order valence-corrected chi connectivity index (χ2v) is 5.57. The van der Waals surface area contributed by atoms with E-state index in [1.165, 1.54) is 30.0 Å². The fourth-order valence-electron chi connectivity index (χ4n) is 2.63. The van der Waals surface area contributed by atoms with E-state index in [0.29, 0.717) is 17.4 Å². The first kappa shape index (κ1) is 15.9. The lowest BCUT2D eigenvalue weighted by atomic mass is 10.1. The average Bonchev–Trinajstić information content (AvgIpc) is 3.01. The Balaban J connectivity index is 1.57. The van der Waals surface area contributed by atoms with Crippen LogP contribution in [-0.4, -0.2) is 23.2 Å². The fourth-order valence-corrected chi connectivity index (χ4v) is 2.63. The van der Waals surface area contributed by atoms with Gasteiger partial charge in [0.05, 0.1) is 5.56 Å². The summed E-state index contributed by atoms with van der Waals surface area (Å²) in [5.74, 6) is -1.66. The third kappa shape index (κ3) is 3.51. The number of ketones is 1. The van der Waals surface area contributed by atoms with Gasteiger partial charge in [-0.3, -0.25) is 9.59 Å². The maximum absolute atomic E-state index is 13.2. The smallest absolute Gasteiger partial charge is 0.292 e. The summed E-state index contributed by atoms with van der Waals surface area (Å²) in [6.45, 7) is 0.427. The minimum atomic E-state index is -0.645. The van der Waals surface area contributed by atoms with Crippen LogP contribution in [0.1, 0.15) is 22.3 Å². The molecule has 1 amide bonds. The molecular formula is C19H17FN2O2. The van der Waals surface area contributed by atoms with Crippen LogP contribution in [0.2, 0.25) is 0 Å². The number of carbonyl (C=O) groups excluding carboxylic acids is 2. The molecule has 1 aromatic heterocycles. The van der Waals surface area contributed by atoms with Crippen molar-refractivity contribution in [2.75, 3.05) is 6.54 Å². The molecule has 1 heterocycles. The number of carbonyl (C=O) groups is 2. The summed E-state index contributed by atoms with van der Waals surface area (Å²) in [5.41, 5.74) is 1.94. The Morgan fingerprint density at radius 1 is 1.08 bits per heavy atom. The molecule has 0 unspecified atom stereocenters. The Hall–Kier alpha value is -2.95. The van der Waals surface area contributed by atoms with Crippen LogP contribution >= 0.6 is 0 Å². The molecule has 0 spiro atoms. The highest BCUT2D eigenvalue weighted by Gasteiger charge is 2.19. The topological polar surface area (TPSA) is 62.0 Å². The summed E-state index contributed by atoms with van der Waals surface area (Å²) in [4.78, 5) is 27.1. The Morgan fingerprint density at radius 3 is 2.67 bits per heavy atom. The van der Waals surface area contributed by atoms with Crippen LogP contribution in [-0.2, 0) is 11.2 Å². The second kappa shape index (κ2) is 7.08. The van der Waals surface area contributed by atoms with Gasteiger partial charge in [-0.05, 0) is 36.6 Å². The van der Waals surface area contributed by atoms with Gasteiger partial charge in [0.15, 0.2) is 0 Å². The van der Waals surface area contributed by atoms with Crippen LogP contribution in [0.4, 0.5) is 4.39 Å². The van der Waals surface area contributed by atoms with Gasteiger partial charge in [-0.2, -0.15) is 0 Å². The average molecular weight is 324 g/mol. The number of H-pyrrole nitrogens is 1. The van der Waals surface area contributed by atoms with Gasteiger partial charge >= 0.3 is 0 Å². The zero-order valence-electron chi connectivity index (χ0n) is 13.0. The van der Waals surface area contributed by atoms with Crippen molar-refractivity contribution in [3.63, 3.8) is 0 Å². The highest BCUT2D eigenvalue weighted by atomic mass is 19.1. The van der Waals surface area contributed by atoms with Crippen molar-refractivity contribution in [1.82, 2.24) is 10.3 Å². The Morgan fingerprint density at radius 2 is 1.88 bits per heavy atom. The number of halogens is 1. The van der Waals surface area contributed by atoms with E-state index < -0.39 is 17.5 Å². The van der Waals surface area contributed by atoms with Gasteiger partial charge in [0, 0.05) is 23.6 Å². The van der Waals surface area contributed by atoms with Gasteiger partial charge in [-0.1, -0.05) is 30.3 Å². The number of hydrogen-bond donors (Lipinski definition) is 2. The number of aryl methyl sites for hydroxylation is 1. The molecule has 122 valence electrons. The lowest BCUT2D eigenvalue weighted by Gasteiger charge is -2.04. The number of nitrogens with one attached hydrogen (secondary N) is 2. The molecule has 0 aliphatic rings. The van der Waals surface area contributed by atoms with Crippen molar-refractivity contribution in [1.29, 1.82) is 0 Å². The maximum Gasteiger partial charge on any atom is 0.292 e. The molecule has 3 aromatic rings. The maximum atomic E-state index is 13.2. The number of amides is 1. The minimum Gasteiger partial charge on any atom is -0.360 e. The van der Waals surface area contributed by atoms with Crippen molar-refractivity contribution in [3.05, 3.63) is 71.7 Å². The summed E-state index contributed by atoms with van der Waals surface area (Å²) < 4.78 is 13.2. The molecule has 0 saturated heterocycles. The molecule has 0 saturated carbocycles. The van der Waals surface area contributed by atoms with E-state index in [1.54, 1.807) is 0 Å². The highest BCUT2D eigenvalue weighted by molar-refractivity contribution is 6.44. The molecule has 0 radical (unpaired) electrons. The molecule has 0 aliphatic heterocycles. The van der Waals surface area contributed by atoms with E-state index in [4.69, 9.17) is 0 Å². The molecule has 0 atom stereocenters. The predicted octanol–water partition coefficient (Wildman–Crippen LogP) is 3.24. The van der Waals surface area contributed by atoms with Crippen molar-refractivity contribution in [2.24, 2.45) is 0 Å². The van der Waals surface area contributed by atoms with Crippen LogP contribution in [0.5, 0.6) is 0 Å². The molecule has 0 fully saturated rings. The van der Waals surface area contributed by atoms with Gasteiger partial charge in [-0.15, -0.1) is 0 Å². The third-order valence-corrected chi connectivity index (χ3v) is 3.87. The van der Waals surface area contributed by atoms with Crippen molar-refractivity contribution >= 4 is 22.6 Å². The van der Waals surface area contributed by atoms with Crippen molar-refractivity contribution in [3.8, 4) is 0 Å². The number of aromatic nitrogens is 1. The van der Waals surface area contributed by atoms with Crippen LogP contribution in [0.3, 0.4) is 0 Å². The first-order valence-corrected chi connectivity index (χ1v) is 7.78. The lowest BCUT2D eigenvalue weighted by molar-refractivity contribution is -0.117. The number of aromatic amines is 1. The van der Waals surface area contributed by atoms with Crippen LogP contribution in [0, 0.1) is 5.82 Å². The Bertz CT molecular complexity index is 871. The normalized spacial score (nSPS) is 10.7. The molecule has 0 aliphatic carbocycles. The number of hydrogen-bond acceptors (Lipinski definition) is 2. The van der Waals surface area contributed by atoms with Crippen LogP contribution in [0.25, 0.3) is 10.9 Å². The van der Waals surface area contributed by atoms with E-state index >= 15 is 0 Å². The highest BCUT2D eigenvalue weighted by Crippen LogP contribution is 2.19. The largest absolute Gasteiger partial charge is 0.360 e. The van der Waals surface area contributed by atoms with Crippen molar-refractivity contribution < 1.29 is 14.0 Å². The summed E-state index contributed by atoms with van der Waals surface area (Å²) in [7, 11) is 0. The summed E-state index contributed by atoms with van der Waals surface area (Å²) in [5, 5.41) is 3.18. The molecule has 0 bridgehead atoms. The predicted molar refractivity (Wildman–Crippen MR) is 90.4 cm³/mol. The second-order valence-electron chi connectivity index (χ2n) is 5.57. The van der Waals surface area contributed by atoms with Crippen LogP contribution < -0.4 is 5.32 Å². The molecule has 24 heavy (non-hydrogen) atoms. The number of benzene rings is 2. The van der Waals surface area contributed by atoms with E-state index in [-0.39, 0.29) is 5.56 Å². The molecular weight excluding hydrogens is 307 g/mol. The summed E-state index contributed by atoms with van der Waals surface area (Å²) in [6, 6.07) is 14.0. The fraction of sp³-hybridized carbons (Fsp3) is 0.158. The Kier molecular flexibility index (Phi) is 4.70. The molecule has 5 heteroatoms.